The van der Waals surface area contributed by atoms with Crippen LogP contribution in [0, 0.1) is 0 Å². The fraction of sp³-hybridized carbons (Fsp3) is 0.0833. The molecule has 0 atom stereocenters. The van der Waals surface area contributed by atoms with Crippen LogP contribution in [0.5, 0.6) is 0 Å². The van der Waals surface area contributed by atoms with Crippen molar-refractivity contribution in [2.45, 2.75) is 17.7 Å². The van der Waals surface area contributed by atoms with Gasteiger partial charge < -0.3 is 9.56 Å². The predicted octanol–water partition coefficient (Wildman–Crippen LogP) is 6.92. The van der Waals surface area contributed by atoms with Gasteiger partial charge in [0.1, 0.15) is 6.61 Å². The van der Waals surface area contributed by atoms with E-state index >= 15 is 0 Å². The van der Waals surface area contributed by atoms with Crippen molar-refractivity contribution in [3.8, 4) is 0 Å². The Labute approximate surface area is 187 Å². The lowest BCUT2D eigenvalue weighted by Crippen LogP contribution is -2.04. The van der Waals surface area contributed by atoms with Gasteiger partial charge in [-0.1, -0.05) is 53.7 Å². The van der Waals surface area contributed by atoms with Crippen LogP contribution in [0.4, 0.5) is 18.9 Å². The maximum Gasteiger partial charge on any atom is 0.416 e. The van der Waals surface area contributed by atoms with Gasteiger partial charge in [-0.3, -0.25) is 0 Å². The van der Waals surface area contributed by atoms with Gasteiger partial charge in [-0.25, -0.2) is 4.98 Å². The molecule has 4 nitrogen and oxygen atoms in total. The van der Waals surface area contributed by atoms with Crippen LogP contribution in [0.15, 0.2) is 95.0 Å². The van der Waals surface area contributed by atoms with Gasteiger partial charge in [0.25, 0.3) is 0 Å². The lowest BCUT2D eigenvalue weighted by Gasteiger charge is -2.10. The molecule has 0 fully saturated rings. The number of oxime groups is 1. The maximum atomic E-state index is 12.7. The van der Waals surface area contributed by atoms with Crippen LogP contribution in [0.3, 0.4) is 0 Å². The number of hydrogen-bond acceptors (Lipinski definition) is 5. The first-order chi connectivity index (χ1) is 15.5. The van der Waals surface area contributed by atoms with Gasteiger partial charge in [-0.05, 0) is 53.9 Å². The number of para-hydroxylation sites is 1. The first kappa shape index (κ1) is 21.7. The molecule has 0 bridgehead atoms. The summed E-state index contributed by atoms with van der Waals surface area (Å²) in [6.07, 6.45) is -2.80. The van der Waals surface area contributed by atoms with Crippen molar-refractivity contribution < 1.29 is 18.0 Å². The van der Waals surface area contributed by atoms with E-state index in [0.717, 1.165) is 34.3 Å². The molecule has 8 heteroatoms. The fourth-order valence-corrected chi connectivity index (χ4v) is 3.58. The molecular weight excluding hydrogens is 435 g/mol. The predicted molar refractivity (Wildman–Crippen MR) is 121 cm³/mol. The Balaban J connectivity index is 1.44. The smallest absolute Gasteiger partial charge is 0.391 e. The first-order valence-corrected chi connectivity index (χ1v) is 10.5. The minimum absolute atomic E-state index is 0.363. The number of anilines is 1. The van der Waals surface area contributed by atoms with Crippen LogP contribution >= 0.6 is 11.9 Å². The third-order valence-electron chi connectivity index (χ3n) is 4.54. The molecule has 162 valence electrons. The molecule has 32 heavy (non-hydrogen) atoms. The van der Waals surface area contributed by atoms with Crippen molar-refractivity contribution >= 4 is 34.8 Å². The summed E-state index contributed by atoms with van der Waals surface area (Å²) in [7, 11) is 0. The van der Waals surface area contributed by atoms with Crippen LogP contribution in [-0.2, 0) is 17.6 Å². The summed E-state index contributed by atoms with van der Waals surface area (Å²) < 4.78 is 41.4. The summed E-state index contributed by atoms with van der Waals surface area (Å²) in [6, 6.07) is 24.2. The molecule has 3 aromatic carbocycles. The summed E-state index contributed by atoms with van der Waals surface area (Å²) in [5.41, 5.74) is 2.43. The van der Waals surface area contributed by atoms with Crippen LogP contribution in [-0.4, -0.2) is 11.2 Å². The molecule has 1 N–H and O–H groups in total. The normalized spacial score (nSPS) is 11.7. The molecule has 0 unspecified atom stereocenters. The van der Waals surface area contributed by atoms with Gasteiger partial charge in [0.15, 0.2) is 0 Å². The second-order valence-corrected chi connectivity index (χ2v) is 7.71. The SMILES string of the molecule is FC(F)(F)c1ccc(SNc2cccc3ccc(/C=N/OCc4ccccc4)nc23)cc1. The molecule has 0 amide bonds. The van der Waals surface area contributed by atoms with E-state index in [2.05, 4.69) is 14.9 Å². The number of benzene rings is 3. The minimum atomic E-state index is -4.35. The highest BCUT2D eigenvalue weighted by Gasteiger charge is 2.29. The highest BCUT2D eigenvalue weighted by atomic mass is 32.2. The van der Waals surface area contributed by atoms with Crippen molar-refractivity contribution in [2.24, 2.45) is 5.16 Å². The largest absolute Gasteiger partial charge is 0.416 e. The Kier molecular flexibility index (Phi) is 6.61. The van der Waals surface area contributed by atoms with Crippen LogP contribution in [0.25, 0.3) is 10.9 Å². The lowest BCUT2D eigenvalue weighted by molar-refractivity contribution is -0.137. The number of nitrogens with one attached hydrogen (secondary N) is 1. The molecule has 4 rings (SSSR count). The van der Waals surface area contributed by atoms with E-state index in [4.69, 9.17) is 4.84 Å². The van der Waals surface area contributed by atoms with Gasteiger partial charge in [-0.15, -0.1) is 0 Å². The zero-order valence-electron chi connectivity index (χ0n) is 16.7. The summed E-state index contributed by atoms with van der Waals surface area (Å²) in [5, 5.41) is 4.91. The standard InChI is InChI=1S/C24H18F3N3OS/c25-24(26,27)19-10-13-21(14-11-19)32-30-22-8-4-7-18-9-12-20(29-23(18)22)15-28-31-16-17-5-2-1-3-6-17/h1-15,30H,16H2/b28-15+. The summed E-state index contributed by atoms with van der Waals surface area (Å²) in [5.74, 6) is 0. The van der Waals surface area contributed by atoms with E-state index in [1.165, 1.54) is 24.1 Å². The third-order valence-corrected chi connectivity index (χ3v) is 5.37. The average molecular weight is 453 g/mol. The topological polar surface area (TPSA) is 46.5 Å². The van der Waals surface area contributed by atoms with Gasteiger partial charge in [0.2, 0.25) is 0 Å². The first-order valence-electron chi connectivity index (χ1n) is 9.68. The Bertz CT molecular complexity index is 1210. The van der Waals surface area contributed by atoms with Crippen molar-refractivity contribution in [1.82, 2.24) is 4.98 Å². The quantitative estimate of drug-likeness (QED) is 0.187. The van der Waals surface area contributed by atoms with Crippen LogP contribution < -0.4 is 4.72 Å². The van der Waals surface area contributed by atoms with Crippen LogP contribution in [0.2, 0.25) is 0 Å². The van der Waals surface area contributed by atoms with Crippen molar-refractivity contribution in [1.29, 1.82) is 0 Å². The number of aromatic nitrogens is 1. The molecule has 1 heterocycles. The fourth-order valence-electron chi connectivity index (χ4n) is 2.92. The Hall–Kier alpha value is -3.52. The number of hydrogen-bond donors (Lipinski definition) is 1. The zero-order chi connectivity index (χ0) is 22.4. The molecule has 0 aliphatic heterocycles. The second-order valence-electron chi connectivity index (χ2n) is 6.83. The van der Waals surface area contributed by atoms with E-state index in [9.17, 15) is 13.2 Å². The molecule has 0 saturated heterocycles. The molecular formula is C24H18F3N3OS. The second kappa shape index (κ2) is 9.74. The minimum Gasteiger partial charge on any atom is -0.391 e. The summed E-state index contributed by atoms with van der Waals surface area (Å²) in [6.45, 7) is 0.363. The number of alkyl halides is 3. The summed E-state index contributed by atoms with van der Waals surface area (Å²) >= 11 is 1.22. The van der Waals surface area contributed by atoms with Gasteiger partial charge in [-0.2, -0.15) is 13.2 Å². The number of rotatable bonds is 7. The third kappa shape index (κ3) is 5.59. The van der Waals surface area contributed by atoms with Gasteiger partial charge in [0.05, 0.1) is 28.7 Å². The maximum absolute atomic E-state index is 12.7. The molecule has 0 aliphatic rings. The van der Waals surface area contributed by atoms with E-state index in [1.807, 2.05) is 60.7 Å². The summed E-state index contributed by atoms with van der Waals surface area (Å²) in [4.78, 5) is 10.6. The van der Waals surface area contributed by atoms with Crippen molar-refractivity contribution in [3.05, 3.63) is 102 Å². The zero-order valence-corrected chi connectivity index (χ0v) is 17.5. The molecule has 0 spiro atoms. The monoisotopic (exact) mass is 453 g/mol. The Morgan fingerprint density at radius 1 is 0.906 bits per heavy atom. The van der Waals surface area contributed by atoms with Crippen molar-refractivity contribution in [3.63, 3.8) is 0 Å². The number of fused-ring (bicyclic) bond motifs is 1. The lowest BCUT2D eigenvalue weighted by atomic mass is 10.2. The van der Waals surface area contributed by atoms with Gasteiger partial charge >= 0.3 is 6.18 Å². The Morgan fingerprint density at radius 2 is 1.69 bits per heavy atom. The van der Waals surface area contributed by atoms with E-state index < -0.39 is 11.7 Å². The van der Waals surface area contributed by atoms with Crippen LogP contribution in [0.1, 0.15) is 16.8 Å². The molecule has 0 aliphatic carbocycles. The van der Waals surface area contributed by atoms with E-state index in [-0.39, 0.29) is 0 Å². The van der Waals surface area contributed by atoms with Crippen molar-refractivity contribution in [2.75, 3.05) is 4.72 Å². The van der Waals surface area contributed by atoms with Gasteiger partial charge in [0, 0.05) is 10.3 Å². The average Bonchev–Trinajstić information content (AvgIpc) is 2.81. The van der Waals surface area contributed by atoms with E-state index in [1.54, 1.807) is 6.21 Å². The Morgan fingerprint density at radius 3 is 2.44 bits per heavy atom. The highest BCUT2D eigenvalue weighted by molar-refractivity contribution is 8.00. The molecule has 1 aromatic heterocycles. The number of nitrogens with zero attached hydrogens (tertiary/aromatic N) is 2. The molecule has 4 aromatic rings. The van der Waals surface area contributed by atoms with E-state index in [0.29, 0.717) is 17.2 Å². The number of halogens is 3. The highest BCUT2D eigenvalue weighted by Crippen LogP contribution is 2.32. The molecule has 0 radical (unpaired) electrons. The number of pyridine rings is 1. The molecule has 0 saturated carbocycles.